The standard InChI is InChI=1S/C27H27F2N5O4S2/c1-3-26(2)11-17-13-40-25(33-21(35)16-7-5-4-6-8-16)34-27(17,15-37-26)23-32-20(14-39-23)31-22(36)19-10-9-18(12-30-19)38-24(28)29/h4-10,12,14,17,24H,3,11,13,15H2,1-2H3,(H,31,36)(H,33,34,35)/t17-,26-,27-/m0/s1. The van der Waals surface area contributed by atoms with Gasteiger partial charge >= 0.3 is 6.61 Å². The fourth-order valence-electron chi connectivity index (χ4n) is 4.62. The third kappa shape index (κ3) is 6.01. The number of pyridine rings is 1. The van der Waals surface area contributed by atoms with Gasteiger partial charge in [0, 0.05) is 22.6 Å². The molecule has 4 heterocycles. The van der Waals surface area contributed by atoms with E-state index in [9.17, 15) is 18.4 Å². The van der Waals surface area contributed by atoms with E-state index in [1.807, 2.05) is 6.07 Å². The number of hydrogen-bond acceptors (Lipinski definition) is 9. The molecule has 2 amide bonds. The Morgan fingerprint density at radius 3 is 2.67 bits per heavy atom. The maximum atomic E-state index is 12.8. The molecule has 3 aromatic rings. The average Bonchev–Trinajstić information content (AvgIpc) is 3.43. The van der Waals surface area contributed by atoms with Crippen LogP contribution >= 0.6 is 23.1 Å². The van der Waals surface area contributed by atoms with Crippen molar-refractivity contribution in [3.8, 4) is 5.75 Å². The van der Waals surface area contributed by atoms with Gasteiger partial charge in [0.25, 0.3) is 11.8 Å². The van der Waals surface area contributed by atoms with Crippen molar-refractivity contribution < 1.29 is 27.8 Å². The SMILES string of the molecule is CC[C@@]1(C)C[C@H]2CSC(NC(=O)c3ccccc3)=N[C@@]2(c2nc(NC(=O)c3ccc(OC(F)F)cn3)cs2)CO1. The lowest BCUT2D eigenvalue weighted by Gasteiger charge is -2.49. The highest BCUT2D eigenvalue weighted by molar-refractivity contribution is 8.13. The molecule has 0 bridgehead atoms. The molecule has 9 nitrogen and oxygen atoms in total. The van der Waals surface area contributed by atoms with Crippen LogP contribution in [-0.4, -0.2) is 51.5 Å². The zero-order valence-electron chi connectivity index (χ0n) is 21.7. The van der Waals surface area contributed by atoms with Gasteiger partial charge in [-0.2, -0.15) is 8.78 Å². The minimum Gasteiger partial charge on any atom is -0.433 e. The second-order valence-electron chi connectivity index (χ2n) is 9.72. The van der Waals surface area contributed by atoms with Gasteiger partial charge in [-0.25, -0.2) is 15.0 Å². The summed E-state index contributed by atoms with van der Waals surface area (Å²) in [6.07, 6.45) is 2.66. The van der Waals surface area contributed by atoms with Gasteiger partial charge in [-0.3, -0.25) is 9.59 Å². The summed E-state index contributed by atoms with van der Waals surface area (Å²) in [6, 6.07) is 11.5. The van der Waals surface area contributed by atoms with Crippen LogP contribution in [0.25, 0.3) is 0 Å². The highest BCUT2D eigenvalue weighted by Crippen LogP contribution is 2.50. The fraction of sp³-hybridized carbons (Fsp3) is 0.370. The molecule has 5 rings (SSSR count). The van der Waals surface area contributed by atoms with Crippen LogP contribution < -0.4 is 15.4 Å². The Labute approximate surface area is 237 Å². The molecule has 13 heteroatoms. The number of carbonyl (C=O) groups is 2. The van der Waals surface area contributed by atoms with Crippen molar-refractivity contribution in [3.05, 3.63) is 70.3 Å². The van der Waals surface area contributed by atoms with Crippen LogP contribution in [0.3, 0.4) is 0 Å². The van der Waals surface area contributed by atoms with E-state index in [1.54, 1.807) is 29.6 Å². The molecule has 1 saturated heterocycles. The van der Waals surface area contributed by atoms with E-state index in [-0.39, 0.29) is 35.5 Å². The predicted molar refractivity (Wildman–Crippen MR) is 149 cm³/mol. The molecule has 2 aliphatic rings. The first-order valence-corrected chi connectivity index (χ1v) is 14.5. The number of alkyl halides is 2. The average molecular weight is 588 g/mol. The number of nitrogens with one attached hydrogen (secondary N) is 2. The Balaban J connectivity index is 1.38. The molecule has 2 aliphatic heterocycles. The summed E-state index contributed by atoms with van der Waals surface area (Å²) in [4.78, 5) is 39.2. The predicted octanol–water partition coefficient (Wildman–Crippen LogP) is 5.33. The molecule has 2 aromatic heterocycles. The van der Waals surface area contributed by atoms with E-state index in [0.717, 1.165) is 19.0 Å². The number of ether oxygens (including phenoxy) is 2. The van der Waals surface area contributed by atoms with Crippen molar-refractivity contribution in [1.82, 2.24) is 15.3 Å². The summed E-state index contributed by atoms with van der Waals surface area (Å²) in [5.74, 6) is 0.163. The van der Waals surface area contributed by atoms with Gasteiger partial charge in [0.15, 0.2) is 5.17 Å². The van der Waals surface area contributed by atoms with Crippen molar-refractivity contribution in [1.29, 1.82) is 0 Å². The van der Waals surface area contributed by atoms with Crippen molar-refractivity contribution in [2.24, 2.45) is 10.9 Å². The summed E-state index contributed by atoms with van der Waals surface area (Å²) < 4.78 is 35.4. The van der Waals surface area contributed by atoms with Crippen LogP contribution in [0.1, 0.15) is 52.5 Å². The Morgan fingerprint density at radius 1 is 1.18 bits per heavy atom. The number of benzene rings is 1. The number of thiazole rings is 1. The molecule has 0 radical (unpaired) electrons. The summed E-state index contributed by atoms with van der Waals surface area (Å²) in [6.45, 7) is 1.48. The number of rotatable bonds is 7. The quantitative estimate of drug-likeness (QED) is 0.384. The minimum atomic E-state index is -2.98. The van der Waals surface area contributed by atoms with E-state index in [1.165, 1.54) is 35.2 Å². The van der Waals surface area contributed by atoms with Crippen LogP contribution in [-0.2, 0) is 10.3 Å². The number of nitrogens with zero attached hydrogens (tertiary/aromatic N) is 3. The molecule has 40 heavy (non-hydrogen) atoms. The number of halogens is 2. The summed E-state index contributed by atoms with van der Waals surface area (Å²) in [7, 11) is 0. The van der Waals surface area contributed by atoms with E-state index >= 15 is 0 Å². The molecule has 1 aromatic carbocycles. The lowest BCUT2D eigenvalue weighted by molar-refractivity contribution is -0.122. The zero-order chi connectivity index (χ0) is 28.3. The fourth-order valence-corrected chi connectivity index (χ4v) is 6.72. The second-order valence-corrected chi connectivity index (χ2v) is 11.6. The minimum absolute atomic E-state index is 0.0184. The first-order chi connectivity index (χ1) is 19.2. The number of carbonyl (C=O) groups excluding carboxylic acids is 2. The van der Waals surface area contributed by atoms with Crippen LogP contribution in [0, 0.1) is 5.92 Å². The van der Waals surface area contributed by atoms with Gasteiger partial charge in [-0.1, -0.05) is 36.9 Å². The number of thioether (sulfide) groups is 1. The molecule has 2 N–H and O–H groups in total. The van der Waals surface area contributed by atoms with Crippen molar-refractivity contribution in [3.63, 3.8) is 0 Å². The number of amides is 2. The van der Waals surface area contributed by atoms with Crippen LogP contribution in [0.4, 0.5) is 14.6 Å². The molecule has 210 valence electrons. The molecule has 0 aliphatic carbocycles. The summed E-state index contributed by atoms with van der Waals surface area (Å²) >= 11 is 2.85. The van der Waals surface area contributed by atoms with Gasteiger partial charge in [-0.15, -0.1) is 11.3 Å². The number of anilines is 1. The zero-order valence-corrected chi connectivity index (χ0v) is 23.4. The smallest absolute Gasteiger partial charge is 0.387 e. The maximum absolute atomic E-state index is 12.8. The molecule has 0 saturated carbocycles. The first-order valence-electron chi connectivity index (χ1n) is 12.6. The lowest BCUT2D eigenvalue weighted by atomic mass is 9.75. The third-order valence-electron chi connectivity index (χ3n) is 7.03. The Bertz CT molecular complexity index is 1410. The Kier molecular flexibility index (Phi) is 8.15. The van der Waals surface area contributed by atoms with Gasteiger partial charge in [0.2, 0.25) is 0 Å². The largest absolute Gasteiger partial charge is 0.433 e. The number of aromatic nitrogens is 2. The van der Waals surface area contributed by atoms with Gasteiger partial charge in [-0.05, 0) is 44.0 Å². The van der Waals surface area contributed by atoms with Gasteiger partial charge in [0.05, 0.1) is 18.4 Å². The monoisotopic (exact) mass is 587 g/mol. The topological polar surface area (TPSA) is 115 Å². The van der Waals surface area contributed by atoms with Crippen molar-refractivity contribution in [2.75, 3.05) is 17.7 Å². The van der Waals surface area contributed by atoms with E-state index in [2.05, 4.69) is 34.2 Å². The van der Waals surface area contributed by atoms with Gasteiger partial charge < -0.3 is 20.1 Å². The molecule has 0 unspecified atom stereocenters. The molecular formula is C27H27F2N5O4S2. The van der Waals surface area contributed by atoms with Gasteiger partial charge in [0.1, 0.15) is 27.8 Å². The summed E-state index contributed by atoms with van der Waals surface area (Å²) in [5, 5.41) is 8.50. The third-order valence-corrected chi connectivity index (χ3v) is 9.08. The Hall–Kier alpha value is -3.42. The van der Waals surface area contributed by atoms with Crippen molar-refractivity contribution >= 4 is 45.9 Å². The van der Waals surface area contributed by atoms with Crippen LogP contribution in [0.2, 0.25) is 0 Å². The molecular weight excluding hydrogens is 560 g/mol. The number of hydrogen-bond donors (Lipinski definition) is 2. The lowest BCUT2D eigenvalue weighted by Crippen LogP contribution is -2.54. The highest BCUT2D eigenvalue weighted by Gasteiger charge is 2.53. The van der Waals surface area contributed by atoms with E-state index in [0.29, 0.717) is 27.3 Å². The van der Waals surface area contributed by atoms with Crippen LogP contribution in [0.5, 0.6) is 5.75 Å². The highest BCUT2D eigenvalue weighted by atomic mass is 32.2. The molecule has 3 atom stereocenters. The Morgan fingerprint density at radius 2 is 1.98 bits per heavy atom. The maximum Gasteiger partial charge on any atom is 0.387 e. The molecule has 1 fully saturated rings. The normalized spacial score (nSPS) is 24.1. The number of fused-ring (bicyclic) bond motifs is 1. The van der Waals surface area contributed by atoms with Crippen molar-refractivity contribution in [2.45, 2.75) is 44.4 Å². The summed E-state index contributed by atoms with van der Waals surface area (Å²) in [5.41, 5.74) is -0.582. The van der Waals surface area contributed by atoms with Crippen LogP contribution in [0.15, 0.2) is 59.0 Å². The van der Waals surface area contributed by atoms with E-state index < -0.39 is 18.1 Å². The number of aliphatic imine (C=N–C) groups is 1. The molecule has 0 spiro atoms. The second kappa shape index (κ2) is 11.6. The number of amidine groups is 1. The first kappa shape index (κ1) is 28.1. The van der Waals surface area contributed by atoms with E-state index in [4.69, 9.17) is 14.7 Å².